The molecule has 17 heavy (non-hydrogen) atoms. The Hall–Kier alpha value is -1.05. The van der Waals surface area contributed by atoms with Crippen LogP contribution in [0.4, 0.5) is 0 Å². The molecule has 96 valence electrons. The van der Waals surface area contributed by atoms with Crippen LogP contribution in [0.5, 0.6) is 0 Å². The topological polar surface area (TPSA) is 74.1 Å². The minimum absolute atomic E-state index is 0.602. The highest BCUT2D eigenvalue weighted by Gasteiger charge is 2.21. The first-order chi connectivity index (χ1) is 8.40. The third-order valence-electron chi connectivity index (χ3n) is 2.61. The molecule has 0 radical (unpaired) electrons. The van der Waals surface area contributed by atoms with E-state index in [2.05, 4.69) is 20.8 Å². The zero-order valence-electron chi connectivity index (χ0n) is 10.1. The Morgan fingerprint density at radius 3 is 3.00 bits per heavy atom. The summed E-state index contributed by atoms with van der Waals surface area (Å²) in [7, 11) is 1.66. The van der Waals surface area contributed by atoms with E-state index in [1.807, 2.05) is 0 Å². The van der Waals surface area contributed by atoms with Crippen molar-refractivity contribution in [1.82, 2.24) is 25.5 Å². The van der Waals surface area contributed by atoms with Crippen molar-refractivity contribution in [3.8, 4) is 0 Å². The molecule has 1 fully saturated rings. The number of tetrazole rings is 1. The van der Waals surface area contributed by atoms with Crippen molar-refractivity contribution in [2.45, 2.75) is 32.0 Å². The van der Waals surface area contributed by atoms with Crippen molar-refractivity contribution in [2.75, 3.05) is 26.9 Å². The third-order valence-corrected chi connectivity index (χ3v) is 2.61. The fraction of sp³-hybridized carbons (Fsp3) is 0.900. The molecule has 0 atom stereocenters. The number of nitrogens with zero attached hydrogens (tertiary/aromatic N) is 4. The van der Waals surface area contributed by atoms with E-state index in [0.717, 1.165) is 12.4 Å². The van der Waals surface area contributed by atoms with Crippen molar-refractivity contribution < 1.29 is 9.47 Å². The maximum Gasteiger partial charge on any atom is 0.165 e. The lowest BCUT2D eigenvalue weighted by Gasteiger charge is -2.06. The maximum absolute atomic E-state index is 5.38. The van der Waals surface area contributed by atoms with Crippen LogP contribution < -0.4 is 5.32 Å². The van der Waals surface area contributed by atoms with Crippen molar-refractivity contribution >= 4 is 0 Å². The number of aromatic nitrogens is 4. The van der Waals surface area contributed by atoms with Gasteiger partial charge in [0.15, 0.2) is 5.82 Å². The van der Waals surface area contributed by atoms with Gasteiger partial charge in [-0.05, 0) is 23.3 Å². The highest BCUT2D eigenvalue weighted by molar-refractivity contribution is 4.86. The van der Waals surface area contributed by atoms with Gasteiger partial charge in [0.25, 0.3) is 0 Å². The van der Waals surface area contributed by atoms with Crippen molar-refractivity contribution in [3.05, 3.63) is 5.82 Å². The molecule has 0 aromatic carbocycles. The highest BCUT2D eigenvalue weighted by atomic mass is 16.5. The summed E-state index contributed by atoms with van der Waals surface area (Å²) in [6, 6.07) is 0.665. The van der Waals surface area contributed by atoms with E-state index in [1.54, 1.807) is 11.8 Å². The SMILES string of the molecule is COCCOCCn1nnnc1CNC1CC1. The molecule has 2 rings (SSSR count). The molecular weight excluding hydrogens is 222 g/mol. The standard InChI is InChI=1S/C10H19N5O2/c1-16-6-7-17-5-4-15-10(12-13-14-15)8-11-9-2-3-9/h9,11H,2-8H2,1H3. The number of ether oxygens (including phenoxy) is 2. The summed E-state index contributed by atoms with van der Waals surface area (Å²) in [4.78, 5) is 0. The van der Waals surface area contributed by atoms with E-state index in [-0.39, 0.29) is 0 Å². The molecule has 0 bridgehead atoms. The van der Waals surface area contributed by atoms with E-state index >= 15 is 0 Å². The Morgan fingerprint density at radius 2 is 2.24 bits per heavy atom. The molecule has 0 saturated heterocycles. The number of nitrogens with one attached hydrogen (secondary N) is 1. The average molecular weight is 241 g/mol. The number of hydrogen-bond acceptors (Lipinski definition) is 6. The van der Waals surface area contributed by atoms with Gasteiger partial charge < -0.3 is 14.8 Å². The summed E-state index contributed by atoms with van der Waals surface area (Å²) in [5, 5.41) is 15.0. The predicted molar refractivity (Wildman–Crippen MR) is 60.4 cm³/mol. The minimum Gasteiger partial charge on any atom is -0.382 e. The van der Waals surface area contributed by atoms with Crippen LogP contribution in [0.15, 0.2) is 0 Å². The monoisotopic (exact) mass is 241 g/mol. The third kappa shape index (κ3) is 4.37. The molecule has 0 amide bonds. The van der Waals surface area contributed by atoms with Crippen molar-refractivity contribution in [2.24, 2.45) is 0 Å². The molecule has 1 aliphatic rings. The van der Waals surface area contributed by atoms with E-state index in [9.17, 15) is 0 Å². The summed E-state index contributed by atoms with van der Waals surface area (Å²) >= 11 is 0. The van der Waals surface area contributed by atoms with Crippen LogP contribution >= 0.6 is 0 Å². The Labute approximate surface area is 100 Å². The smallest absolute Gasteiger partial charge is 0.165 e. The first-order valence-corrected chi connectivity index (χ1v) is 5.95. The fourth-order valence-corrected chi connectivity index (χ4v) is 1.44. The van der Waals surface area contributed by atoms with Crippen molar-refractivity contribution in [3.63, 3.8) is 0 Å². The van der Waals surface area contributed by atoms with Gasteiger partial charge in [0, 0.05) is 13.2 Å². The fourth-order valence-electron chi connectivity index (χ4n) is 1.44. The molecule has 1 saturated carbocycles. The van der Waals surface area contributed by atoms with Gasteiger partial charge in [0.1, 0.15) is 0 Å². The summed E-state index contributed by atoms with van der Waals surface area (Å²) in [6.45, 7) is 3.24. The Morgan fingerprint density at radius 1 is 1.35 bits per heavy atom. The first-order valence-electron chi connectivity index (χ1n) is 5.95. The van der Waals surface area contributed by atoms with E-state index in [4.69, 9.17) is 9.47 Å². The van der Waals surface area contributed by atoms with E-state index < -0.39 is 0 Å². The molecule has 1 aromatic rings. The van der Waals surface area contributed by atoms with Crippen LogP contribution in [0.1, 0.15) is 18.7 Å². The largest absolute Gasteiger partial charge is 0.382 e. The van der Waals surface area contributed by atoms with Gasteiger partial charge in [-0.15, -0.1) is 5.10 Å². The van der Waals surface area contributed by atoms with Crippen LogP contribution in [0.25, 0.3) is 0 Å². The molecule has 0 spiro atoms. The molecule has 1 N–H and O–H groups in total. The van der Waals surface area contributed by atoms with Gasteiger partial charge in [-0.1, -0.05) is 0 Å². The normalized spacial score (nSPS) is 15.4. The van der Waals surface area contributed by atoms with Gasteiger partial charge in [-0.3, -0.25) is 0 Å². The molecule has 1 heterocycles. The quantitative estimate of drug-likeness (QED) is 0.592. The zero-order chi connectivity index (χ0) is 11.9. The molecule has 7 heteroatoms. The minimum atomic E-state index is 0.602. The van der Waals surface area contributed by atoms with Gasteiger partial charge in [0.2, 0.25) is 0 Å². The highest BCUT2D eigenvalue weighted by Crippen LogP contribution is 2.18. The maximum atomic E-state index is 5.38. The van der Waals surface area contributed by atoms with Crippen molar-refractivity contribution in [1.29, 1.82) is 0 Å². The molecule has 1 aliphatic carbocycles. The lowest BCUT2D eigenvalue weighted by Crippen LogP contribution is -2.20. The lowest BCUT2D eigenvalue weighted by atomic mass is 10.5. The second-order valence-electron chi connectivity index (χ2n) is 4.08. The second-order valence-corrected chi connectivity index (χ2v) is 4.08. The molecule has 0 unspecified atom stereocenters. The van der Waals surface area contributed by atoms with Crippen LogP contribution in [0, 0.1) is 0 Å². The van der Waals surface area contributed by atoms with Gasteiger partial charge >= 0.3 is 0 Å². The summed E-state index contributed by atoms with van der Waals surface area (Å²) < 4.78 is 12.1. The average Bonchev–Trinajstić information content (AvgIpc) is 3.06. The molecule has 0 aliphatic heterocycles. The number of methoxy groups -OCH3 is 1. The van der Waals surface area contributed by atoms with Gasteiger partial charge in [-0.2, -0.15) is 0 Å². The molecular formula is C10H19N5O2. The van der Waals surface area contributed by atoms with Gasteiger partial charge in [-0.25, -0.2) is 4.68 Å². The first kappa shape index (κ1) is 12.4. The van der Waals surface area contributed by atoms with E-state index in [0.29, 0.717) is 32.4 Å². The Balaban J connectivity index is 1.66. The summed E-state index contributed by atoms with van der Waals surface area (Å²) in [5.74, 6) is 0.868. The number of rotatable bonds is 9. The zero-order valence-corrected chi connectivity index (χ0v) is 10.1. The number of hydrogen-bond donors (Lipinski definition) is 1. The summed E-state index contributed by atoms with van der Waals surface area (Å²) in [6.07, 6.45) is 2.53. The second kappa shape index (κ2) is 6.63. The molecule has 1 aromatic heterocycles. The van der Waals surface area contributed by atoms with Gasteiger partial charge in [0.05, 0.1) is 32.9 Å². The Kier molecular flexibility index (Phi) is 4.84. The Bertz CT molecular complexity index is 326. The van der Waals surface area contributed by atoms with Crippen LogP contribution in [0.2, 0.25) is 0 Å². The molecule has 7 nitrogen and oxygen atoms in total. The van der Waals surface area contributed by atoms with Crippen LogP contribution in [0.3, 0.4) is 0 Å². The van der Waals surface area contributed by atoms with Crippen LogP contribution in [-0.2, 0) is 22.6 Å². The van der Waals surface area contributed by atoms with E-state index in [1.165, 1.54) is 12.8 Å². The summed E-state index contributed by atoms with van der Waals surface area (Å²) in [5.41, 5.74) is 0. The lowest BCUT2D eigenvalue weighted by molar-refractivity contribution is 0.0648. The van der Waals surface area contributed by atoms with Crippen LogP contribution in [-0.4, -0.2) is 53.2 Å². The predicted octanol–water partition coefficient (Wildman–Crippen LogP) is -0.412.